The molecule has 0 amide bonds. The number of benzene rings is 1. The Morgan fingerprint density at radius 1 is 1.28 bits per heavy atom. The number of furan rings is 1. The van der Waals surface area contributed by atoms with E-state index in [0.29, 0.717) is 6.61 Å². The summed E-state index contributed by atoms with van der Waals surface area (Å²) in [6.07, 6.45) is 3.24. The van der Waals surface area contributed by atoms with E-state index in [1.807, 2.05) is 30.3 Å². The number of hydrogen-bond donors (Lipinski definition) is 1. The van der Waals surface area contributed by atoms with Crippen LogP contribution < -0.4 is 10.5 Å². The van der Waals surface area contributed by atoms with Gasteiger partial charge in [-0.3, -0.25) is 0 Å². The van der Waals surface area contributed by atoms with Crippen molar-refractivity contribution in [3.63, 3.8) is 0 Å². The molecule has 0 bridgehead atoms. The summed E-state index contributed by atoms with van der Waals surface area (Å²) in [5.41, 5.74) is 7.22. The van der Waals surface area contributed by atoms with Crippen molar-refractivity contribution in [2.24, 2.45) is 5.73 Å². The highest BCUT2D eigenvalue weighted by Crippen LogP contribution is 2.13. The van der Waals surface area contributed by atoms with Crippen molar-refractivity contribution in [1.29, 1.82) is 0 Å². The summed E-state index contributed by atoms with van der Waals surface area (Å²) < 4.78 is 10.9. The van der Waals surface area contributed by atoms with Gasteiger partial charge in [-0.05, 0) is 43.2 Å². The van der Waals surface area contributed by atoms with E-state index in [1.54, 1.807) is 6.26 Å². The summed E-state index contributed by atoms with van der Waals surface area (Å²) in [4.78, 5) is 0. The van der Waals surface area contributed by atoms with Gasteiger partial charge >= 0.3 is 0 Å². The first-order chi connectivity index (χ1) is 8.74. The zero-order valence-electron chi connectivity index (χ0n) is 10.6. The zero-order chi connectivity index (χ0) is 12.8. The molecule has 1 aromatic carbocycles. The highest BCUT2D eigenvalue weighted by Gasteiger charge is 2.06. The standard InChI is InChI=1S/C15H19NO2/c1-12-4-2-5-14(10-12)18-9-7-13(16)11-15-6-3-8-17-15/h2-6,8,10,13H,7,9,11,16H2,1H3. The summed E-state index contributed by atoms with van der Waals surface area (Å²) >= 11 is 0. The summed E-state index contributed by atoms with van der Waals surface area (Å²) in [5, 5.41) is 0. The minimum atomic E-state index is 0.0703. The predicted molar refractivity (Wildman–Crippen MR) is 71.7 cm³/mol. The normalized spacial score (nSPS) is 12.3. The Morgan fingerprint density at radius 3 is 2.89 bits per heavy atom. The first kappa shape index (κ1) is 12.7. The Balaban J connectivity index is 1.72. The monoisotopic (exact) mass is 245 g/mol. The molecule has 2 rings (SSSR count). The second-order valence-electron chi connectivity index (χ2n) is 4.50. The third kappa shape index (κ3) is 3.93. The van der Waals surface area contributed by atoms with Gasteiger partial charge in [0, 0.05) is 12.5 Å². The molecule has 2 aromatic rings. The van der Waals surface area contributed by atoms with Crippen molar-refractivity contribution in [2.45, 2.75) is 25.8 Å². The Labute approximate surface area is 108 Å². The lowest BCUT2D eigenvalue weighted by atomic mass is 10.1. The molecule has 3 nitrogen and oxygen atoms in total. The van der Waals surface area contributed by atoms with Crippen molar-refractivity contribution < 1.29 is 9.15 Å². The smallest absolute Gasteiger partial charge is 0.119 e. The second-order valence-corrected chi connectivity index (χ2v) is 4.50. The van der Waals surface area contributed by atoms with Gasteiger partial charge in [0.1, 0.15) is 11.5 Å². The van der Waals surface area contributed by atoms with Gasteiger partial charge in [0.25, 0.3) is 0 Å². The number of nitrogens with two attached hydrogens (primary N) is 1. The third-order valence-electron chi connectivity index (χ3n) is 2.79. The SMILES string of the molecule is Cc1cccc(OCCC(N)Cc2ccco2)c1. The van der Waals surface area contributed by atoms with Crippen LogP contribution in [0.5, 0.6) is 5.75 Å². The van der Waals surface area contributed by atoms with Gasteiger partial charge in [-0.1, -0.05) is 12.1 Å². The van der Waals surface area contributed by atoms with Crippen molar-refractivity contribution >= 4 is 0 Å². The first-order valence-electron chi connectivity index (χ1n) is 6.21. The summed E-state index contributed by atoms with van der Waals surface area (Å²) in [6.45, 7) is 2.68. The molecular formula is C15H19NO2. The van der Waals surface area contributed by atoms with E-state index in [2.05, 4.69) is 13.0 Å². The fraction of sp³-hybridized carbons (Fsp3) is 0.333. The molecule has 96 valence electrons. The van der Waals surface area contributed by atoms with Gasteiger partial charge in [-0.25, -0.2) is 0 Å². The van der Waals surface area contributed by atoms with E-state index in [1.165, 1.54) is 5.56 Å². The van der Waals surface area contributed by atoms with Crippen molar-refractivity contribution in [1.82, 2.24) is 0 Å². The Kier molecular flexibility index (Phi) is 4.42. The Hall–Kier alpha value is -1.74. The fourth-order valence-corrected chi connectivity index (χ4v) is 1.82. The molecule has 0 saturated carbocycles. The molecule has 0 aliphatic carbocycles. The first-order valence-corrected chi connectivity index (χ1v) is 6.21. The Morgan fingerprint density at radius 2 is 2.17 bits per heavy atom. The van der Waals surface area contributed by atoms with Crippen LogP contribution in [-0.2, 0) is 6.42 Å². The molecule has 2 N–H and O–H groups in total. The third-order valence-corrected chi connectivity index (χ3v) is 2.79. The summed E-state index contributed by atoms with van der Waals surface area (Å²) in [6, 6.07) is 11.9. The van der Waals surface area contributed by atoms with Gasteiger partial charge in [-0.15, -0.1) is 0 Å². The molecule has 1 heterocycles. The molecule has 0 radical (unpaired) electrons. The van der Waals surface area contributed by atoms with Crippen molar-refractivity contribution in [3.8, 4) is 5.75 Å². The highest BCUT2D eigenvalue weighted by atomic mass is 16.5. The molecule has 0 saturated heterocycles. The predicted octanol–water partition coefficient (Wildman–Crippen LogP) is 2.93. The van der Waals surface area contributed by atoms with E-state index < -0.39 is 0 Å². The molecule has 3 heteroatoms. The molecule has 1 unspecified atom stereocenters. The molecular weight excluding hydrogens is 226 g/mol. The van der Waals surface area contributed by atoms with Gasteiger partial charge < -0.3 is 14.9 Å². The summed E-state index contributed by atoms with van der Waals surface area (Å²) in [5.74, 6) is 1.83. The topological polar surface area (TPSA) is 48.4 Å². The average molecular weight is 245 g/mol. The molecule has 0 spiro atoms. The zero-order valence-corrected chi connectivity index (χ0v) is 10.6. The van der Waals surface area contributed by atoms with Crippen LogP contribution in [0, 0.1) is 6.92 Å². The van der Waals surface area contributed by atoms with Gasteiger partial charge in [0.2, 0.25) is 0 Å². The number of ether oxygens (including phenoxy) is 1. The van der Waals surface area contributed by atoms with Crippen LogP contribution in [0.15, 0.2) is 47.1 Å². The van der Waals surface area contributed by atoms with Crippen LogP contribution in [-0.4, -0.2) is 12.6 Å². The van der Waals surface area contributed by atoms with Crippen LogP contribution in [0.3, 0.4) is 0 Å². The maximum atomic E-state index is 6.02. The van der Waals surface area contributed by atoms with Crippen molar-refractivity contribution in [3.05, 3.63) is 54.0 Å². The van der Waals surface area contributed by atoms with E-state index in [-0.39, 0.29) is 6.04 Å². The van der Waals surface area contributed by atoms with E-state index >= 15 is 0 Å². The fourth-order valence-electron chi connectivity index (χ4n) is 1.82. The van der Waals surface area contributed by atoms with Gasteiger partial charge in [0.05, 0.1) is 12.9 Å². The average Bonchev–Trinajstić information content (AvgIpc) is 2.82. The lowest BCUT2D eigenvalue weighted by Crippen LogP contribution is -2.25. The van der Waals surface area contributed by atoms with Crippen LogP contribution in [0.25, 0.3) is 0 Å². The van der Waals surface area contributed by atoms with Crippen LogP contribution in [0.2, 0.25) is 0 Å². The number of rotatable bonds is 6. The van der Waals surface area contributed by atoms with E-state index in [0.717, 1.165) is 24.4 Å². The summed E-state index contributed by atoms with van der Waals surface area (Å²) in [7, 11) is 0. The number of aryl methyl sites for hydroxylation is 1. The highest BCUT2D eigenvalue weighted by molar-refractivity contribution is 5.27. The largest absolute Gasteiger partial charge is 0.494 e. The molecule has 1 aromatic heterocycles. The van der Waals surface area contributed by atoms with Gasteiger partial charge in [0.15, 0.2) is 0 Å². The van der Waals surface area contributed by atoms with E-state index in [4.69, 9.17) is 14.9 Å². The lowest BCUT2D eigenvalue weighted by molar-refractivity contribution is 0.294. The molecule has 0 aliphatic heterocycles. The maximum absolute atomic E-state index is 6.02. The molecule has 0 fully saturated rings. The molecule has 0 aliphatic rings. The van der Waals surface area contributed by atoms with Crippen LogP contribution in [0.1, 0.15) is 17.7 Å². The Bertz CT molecular complexity index is 465. The maximum Gasteiger partial charge on any atom is 0.119 e. The minimum Gasteiger partial charge on any atom is -0.494 e. The van der Waals surface area contributed by atoms with Crippen molar-refractivity contribution in [2.75, 3.05) is 6.61 Å². The van der Waals surface area contributed by atoms with Gasteiger partial charge in [-0.2, -0.15) is 0 Å². The second kappa shape index (κ2) is 6.26. The molecule has 1 atom stereocenters. The molecule has 18 heavy (non-hydrogen) atoms. The number of hydrogen-bond acceptors (Lipinski definition) is 3. The lowest BCUT2D eigenvalue weighted by Gasteiger charge is -2.11. The quantitative estimate of drug-likeness (QED) is 0.851. The van der Waals surface area contributed by atoms with E-state index in [9.17, 15) is 0 Å². The van der Waals surface area contributed by atoms with Crippen LogP contribution in [0.4, 0.5) is 0 Å². The van der Waals surface area contributed by atoms with Crippen LogP contribution >= 0.6 is 0 Å². The minimum absolute atomic E-state index is 0.0703.